The van der Waals surface area contributed by atoms with E-state index in [0.29, 0.717) is 12.2 Å². The number of ether oxygens (including phenoxy) is 1. The van der Waals surface area contributed by atoms with Gasteiger partial charge in [0.15, 0.2) is 0 Å². The number of carbonyl (C=O) groups excluding carboxylic acids is 1. The van der Waals surface area contributed by atoms with E-state index in [2.05, 4.69) is 0 Å². The maximum absolute atomic E-state index is 11.3. The Labute approximate surface area is 81.1 Å². The van der Waals surface area contributed by atoms with Gasteiger partial charge in [-0.3, -0.25) is 0 Å². The molecule has 2 nitrogen and oxygen atoms in total. The quantitative estimate of drug-likeness (QED) is 0.588. The smallest absolute Gasteiger partial charge is 0.338 e. The van der Waals surface area contributed by atoms with Gasteiger partial charge in [-0.2, -0.15) is 0 Å². The standard InChI is InChI=1S/C12H8O2/c13-12-10-6-5-8-3-1-2-4-9(8)11(10)7-14-12/h1-6H,7H2. The van der Waals surface area contributed by atoms with Crippen LogP contribution in [-0.2, 0) is 11.3 Å². The monoisotopic (exact) mass is 184 g/mol. The molecular weight excluding hydrogens is 176 g/mol. The maximum atomic E-state index is 11.3. The van der Waals surface area contributed by atoms with E-state index in [1.54, 1.807) is 0 Å². The van der Waals surface area contributed by atoms with E-state index in [4.69, 9.17) is 4.74 Å². The minimum atomic E-state index is -0.203. The van der Waals surface area contributed by atoms with Crippen LogP contribution in [-0.4, -0.2) is 5.97 Å². The lowest BCUT2D eigenvalue weighted by Crippen LogP contribution is -1.92. The van der Waals surface area contributed by atoms with Crippen molar-refractivity contribution in [1.29, 1.82) is 0 Å². The van der Waals surface area contributed by atoms with Crippen molar-refractivity contribution in [2.45, 2.75) is 6.61 Å². The normalized spacial score (nSPS) is 14.1. The number of carbonyl (C=O) groups is 1. The first-order chi connectivity index (χ1) is 6.86. The predicted molar refractivity (Wildman–Crippen MR) is 53.1 cm³/mol. The summed E-state index contributed by atoms with van der Waals surface area (Å²) in [5.41, 5.74) is 1.73. The Morgan fingerprint density at radius 2 is 1.93 bits per heavy atom. The molecule has 0 aromatic heterocycles. The topological polar surface area (TPSA) is 26.3 Å². The maximum Gasteiger partial charge on any atom is 0.338 e. The average Bonchev–Trinajstić information content (AvgIpc) is 2.61. The molecule has 14 heavy (non-hydrogen) atoms. The van der Waals surface area contributed by atoms with E-state index in [-0.39, 0.29) is 5.97 Å². The Morgan fingerprint density at radius 1 is 1.07 bits per heavy atom. The zero-order valence-electron chi connectivity index (χ0n) is 7.49. The van der Waals surface area contributed by atoms with Gasteiger partial charge >= 0.3 is 5.97 Å². The van der Waals surface area contributed by atoms with Crippen LogP contribution in [0.2, 0.25) is 0 Å². The van der Waals surface area contributed by atoms with E-state index < -0.39 is 0 Å². The van der Waals surface area contributed by atoms with Gasteiger partial charge in [0.1, 0.15) is 6.61 Å². The minimum absolute atomic E-state index is 0.203. The van der Waals surface area contributed by atoms with Gasteiger partial charge in [-0.25, -0.2) is 4.79 Å². The highest BCUT2D eigenvalue weighted by molar-refractivity contribution is 6.00. The van der Waals surface area contributed by atoms with Gasteiger partial charge in [0.25, 0.3) is 0 Å². The molecule has 1 aliphatic heterocycles. The number of benzene rings is 2. The van der Waals surface area contributed by atoms with Crippen LogP contribution in [0, 0.1) is 0 Å². The second-order valence-corrected chi connectivity index (χ2v) is 3.39. The van der Waals surface area contributed by atoms with Crippen molar-refractivity contribution in [3.8, 4) is 0 Å². The summed E-state index contributed by atoms with van der Waals surface area (Å²) >= 11 is 0. The van der Waals surface area contributed by atoms with Gasteiger partial charge in [-0.1, -0.05) is 30.3 Å². The molecule has 0 saturated carbocycles. The van der Waals surface area contributed by atoms with Gasteiger partial charge in [0, 0.05) is 5.56 Å². The summed E-state index contributed by atoms with van der Waals surface area (Å²) in [6.45, 7) is 0.412. The number of esters is 1. The molecule has 0 aliphatic carbocycles. The fourth-order valence-corrected chi connectivity index (χ4v) is 1.90. The molecule has 2 aromatic carbocycles. The number of fused-ring (bicyclic) bond motifs is 3. The highest BCUT2D eigenvalue weighted by atomic mass is 16.5. The third kappa shape index (κ3) is 0.880. The Hall–Kier alpha value is -1.83. The highest BCUT2D eigenvalue weighted by Crippen LogP contribution is 2.27. The fraction of sp³-hybridized carbons (Fsp3) is 0.0833. The number of cyclic esters (lactones) is 1. The zero-order valence-corrected chi connectivity index (χ0v) is 7.49. The second kappa shape index (κ2) is 2.58. The van der Waals surface area contributed by atoms with Crippen molar-refractivity contribution in [2.24, 2.45) is 0 Å². The van der Waals surface area contributed by atoms with Gasteiger partial charge < -0.3 is 4.74 Å². The van der Waals surface area contributed by atoms with Gasteiger partial charge in [-0.05, 0) is 16.8 Å². The van der Waals surface area contributed by atoms with Crippen molar-refractivity contribution in [1.82, 2.24) is 0 Å². The summed E-state index contributed by atoms with van der Waals surface area (Å²) in [6, 6.07) is 11.8. The van der Waals surface area contributed by atoms with Crippen molar-refractivity contribution < 1.29 is 9.53 Å². The predicted octanol–water partition coefficient (Wildman–Crippen LogP) is 2.51. The molecule has 1 aliphatic rings. The molecule has 0 bridgehead atoms. The Kier molecular flexibility index (Phi) is 1.39. The van der Waals surface area contributed by atoms with Crippen LogP contribution in [0.3, 0.4) is 0 Å². The molecule has 1 heterocycles. The summed E-state index contributed by atoms with van der Waals surface area (Å²) in [4.78, 5) is 11.3. The summed E-state index contributed by atoms with van der Waals surface area (Å²) < 4.78 is 4.99. The molecule has 0 unspecified atom stereocenters. The summed E-state index contributed by atoms with van der Waals surface area (Å²) in [5.74, 6) is -0.203. The number of hydrogen-bond acceptors (Lipinski definition) is 2. The molecule has 0 radical (unpaired) electrons. The van der Waals surface area contributed by atoms with Gasteiger partial charge in [-0.15, -0.1) is 0 Å². The molecule has 68 valence electrons. The molecule has 0 spiro atoms. The summed E-state index contributed by atoms with van der Waals surface area (Å²) in [7, 11) is 0. The van der Waals surface area contributed by atoms with Crippen molar-refractivity contribution in [2.75, 3.05) is 0 Å². The van der Waals surface area contributed by atoms with Crippen LogP contribution in [0.4, 0.5) is 0 Å². The van der Waals surface area contributed by atoms with Crippen LogP contribution in [0.25, 0.3) is 10.8 Å². The molecule has 0 amide bonds. The van der Waals surface area contributed by atoms with Crippen LogP contribution in [0.15, 0.2) is 36.4 Å². The molecule has 3 rings (SSSR count). The first-order valence-electron chi connectivity index (χ1n) is 4.54. The molecule has 2 aromatic rings. The van der Waals surface area contributed by atoms with E-state index in [1.807, 2.05) is 36.4 Å². The van der Waals surface area contributed by atoms with Crippen molar-refractivity contribution in [3.63, 3.8) is 0 Å². The number of rotatable bonds is 0. The van der Waals surface area contributed by atoms with Gasteiger partial charge in [0.05, 0.1) is 5.56 Å². The van der Waals surface area contributed by atoms with Gasteiger partial charge in [0.2, 0.25) is 0 Å². The van der Waals surface area contributed by atoms with E-state index in [1.165, 1.54) is 0 Å². The Morgan fingerprint density at radius 3 is 2.86 bits per heavy atom. The third-order valence-electron chi connectivity index (χ3n) is 2.61. The lowest BCUT2D eigenvalue weighted by Gasteiger charge is -2.00. The third-order valence-corrected chi connectivity index (χ3v) is 2.61. The molecular formula is C12H8O2. The van der Waals surface area contributed by atoms with Crippen LogP contribution in [0.5, 0.6) is 0 Å². The first-order valence-corrected chi connectivity index (χ1v) is 4.54. The van der Waals surface area contributed by atoms with E-state index in [0.717, 1.165) is 16.3 Å². The van der Waals surface area contributed by atoms with Crippen molar-refractivity contribution in [3.05, 3.63) is 47.5 Å². The molecule has 0 saturated heterocycles. The SMILES string of the molecule is O=C1OCc2c1ccc1ccccc21. The van der Waals surface area contributed by atoms with E-state index >= 15 is 0 Å². The van der Waals surface area contributed by atoms with E-state index in [9.17, 15) is 4.79 Å². The van der Waals surface area contributed by atoms with Crippen LogP contribution in [0.1, 0.15) is 15.9 Å². The summed E-state index contributed by atoms with van der Waals surface area (Å²) in [6.07, 6.45) is 0. The second-order valence-electron chi connectivity index (χ2n) is 3.39. The van der Waals surface area contributed by atoms with Crippen LogP contribution >= 0.6 is 0 Å². The molecule has 0 N–H and O–H groups in total. The lowest BCUT2D eigenvalue weighted by molar-refractivity contribution is 0.0535. The molecule has 0 atom stereocenters. The van der Waals surface area contributed by atoms with Crippen molar-refractivity contribution >= 4 is 16.7 Å². The zero-order chi connectivity index (χ0) is 9.54. The average molecular weight is 184 g/mol. The minimum Gasteiger partial charge on any atom is -0.457 e. The largest absolute Gasteiger partial charge is 0.457 e. The molecule has 2 heteroatoms. The number of hydrogen-bond donors (Lipinski definition) is 0. The fourth-order valence-electron chi connectivity index (χ4n) is 1.90. The highest BCUT2D eigenvalue weighted by Gasteiger charge is 2.22. The Bertz CT molecular complexity index is 529. The Balaban J connectivity index is 2.44. The first kappa shape index (κ1) is 7.56. The lowest BCUT2D eigenvalue weighted by atomic mass is 10.0. The van der Waals surface area contributed by atoms with Crippen LogP contribution < -0.4 is 0 Å². The molecule has 0 fully saturated rings. The summed E-state index contributed by atoms with van der Waals surface area (Å²) in [5, 5.41) is 2.28.